The van der Waals surface area contributed by atoms with Crippen molar-refractivity contribution in [3.05, 3.63) is 24.3 Å². The van der Waals surface area contributed by atoms with Crippen molar-refractivity contribution in [2.75, 3.05) is 11.9 Å². The maximum atomic E-state index is 11.6. The first-order valence-corrected chi connectivity index (χ1v) is 7.35. The predicted octanol–water partition coefficient (Wildman–Crippen LogP) is 3.19. The molecule has 0 aliphatic heterocycles. The van der Waals surface area contributed by atoms with Crippen molar-refractivity contribution in [3.63, 3.8) is 0 Å². The topological polar surface area (TPSA) is 50.4 Å². The van der Waals surface area contributed by atoms with Gasteiger partial charge in [-0.05, 0) is 51.0 Å². The molecule has 4 heteroatoms. The van der Waals surface area contributed by atoms with Crippen LogP contribution in [0.25, 0.3) is 0 Å². The first-order valence-electron chi connectivity index (χ1n) is 7.35. The summed E-state index contributed by atoms with van der Waals surface area (Å²) >= 11 is 0. The highest BCUT2D eigenvalue weighted by molar-refractivity contribution is 5.80. The van der Waals surface area contributed by atoms with E-state index in [1.54, 1.807) is 0 Å². The van der Waals surface area contributed by atoms with Crippen LogP contribution in [0.5, 0.6) is 5.75 Å². The second-order valence-electron chi connectivity index (χ2n) is 5.09. The van der Waals surface area contributed by atoms with E-state index in [4.69, 9.17) is 4.74 Å². The first-order chi connectivity index (χ1) is 9.55. The summed E-state index contributed by atoms with van der Waals surface area (Å²) in [5.74, 6) is 0.869. The van der Waals surface area contributed by atoms with Gasteiger partial charge in [0.15, 0.2) is 0 Å². The molecule has 2 atom stereocenters. The van der Waals surface area contributed by atoms with Gasteiger partial charge in [-0.3, -0.25) is 4.79 Å². The monoisotopic (exact) mass is 278 g/mol. The zero-order chi connectivity index (χ0) is 15.0. The maximum absolute atomic E-state index is 11.6. The van der Waals surface area contributed by atoms with E-state index in [9.17, 15) is 4.79 Å². The second kappa shape index (κ2) is 8.46. The lowest BCUT2D eigenvalue weighted by atomic mass is 10.2. The molecular formula is C16H26N2O2. The molecule has 1 aromatic carbocycles. The SMILES string of the molecule is CCC(C)NC(=O)CNc1ccc(OC(C)CC)cc1. The fourth-order valence-electron chi connectivity index (χ4n) is 1.58. The van der Waals surface area contributed by atoms with Gasteiger partial charge >= 0.3 is 0 Å². The molecule has 1 amide bonds. The molecule has 0 aliphatic carbocycles. The molecule has 0 bridgehead atoms. The van der Waals surface area contributed by atoms with Gasteiger partial charge in [-0.25, -0.2) is 0 Å². The largest absolute Gasteiger partial charge is 0.491 e. The quantitative estimate of drug-likeness (QED) is 0.768. The maximum Gasteiger partial charge on any atom is 0.239 e. The van der Waals surface area contributed by atoms with E-state index < -0.39 is 0 Å². The van der Waals surface area contributed by atoms with Crippen LogP contribution in [-0.4, -0.2) is 24.6 Å². The smallest absolute Gasteiger partial charge is 0.239 e. The Balaban J connectivity index is 2.40. The Hall–Kier alpha value is -1.71. The number of hydrogen-bond donors (Lipinski definition) is 2. The van der Waals surface area contributed by atoms with Crippen molar-refractivity contribution >= 4 is 11.6 Å². The molecule has 0 aromatic heterocycles. The Kier molecular flexibility index (Phi) is 6.91. The van der Waals surface area contributed by atoms with Crippen LogP contribution in [0.15, 0.2) is 24.3 Å². The molecule has 0 saturated carbocycles. The number of carbonyl (C=O) groups excluding carboxylic acids is 1. The van der Waals surface area contributed by atoms with Crippen LogP contribution in [0.4, 0.5) is 5.69 Å². The third kappa shape index (κ3) is 5.95. The fourth-order valence-corrected chi connectivity index (χ4v) is 1.58. The average Bonchev–Trinajstić information content (AvgIpc) is 2.46. The molecule has 2 N–H and O–H groups in total. The summed E-state index contributed by atoms with van der Waals surface area (Å²) in [5, 5.41) is 6.02. The Bertz CT molecular complexity index is 403. The normalized spacial score (nSPS) is 13.4. The van der Waals surface area contributed by atoms with Crippen molar-refractivity contribution in [2.45, 2.75) is 52.7 Å². The summed E-state index contributed by atoms with van der Waals surface area (Å²) in [6.45, 7) is 8.48. The average molecular weight is 278 g/mol. The zero-order valence-corrected chi connectivity index (χ0v) is 12.9. The van der Waals surface area contributed by atoms with Crippen LogP contribution in [0, 0.1) is 0 Å². The molecule has 0 saturated heterocycles. The van der Waals surface area contributed by atoms with Gasteiger partial charge in [0.2, 0.25) is 5.91 Å². The van der Waals surface area contributed by atoms with E-state index >= 15 is 0 Å². The lowest BCUT2D eigenvalue weighted by Gasteiger charge is -2.14. The molecule has 20 heavy (non-hydrogen) atoms. The standard InChI is InChI=1S/C16H26N2O2/c1-5-12(3)18-16(19)11-17-14-7-9-15(10-8-14)20-13(4)6-2/h7-10,12-13,17H,5-6,11H2,1-4H3,(H,18,19). The minimum atomic E-state index is 0.0132. The van der Waals surface area contributed by atoms with Crippen molar-refractivity contribution in [1.82, 2.24) is 5.32 Å². The summed E-state index contributed by atoms with van der Waals surface area (Å²) in [6, 6.07) is 7.90. The molecule has 0 spiro atoms. The van der Waals surface area contributed by atoms with E-state index in [-0.39, 0.29) is 24.6 Å². The number of benzene rings is 1. The van der Waals surface area contributed by atoms with Gasteiger partial charge in [0.25, 0.3) is 0 Å². The molecule has 0 radical (unpaired) electrons. The molecule has 0 heterocycles. The number of rotatable bonds is 8. The van der Waals surface area contributed by atoms with Gasteiger partial charge in [0, 0.05) is 11.7 Å². The summed E-state index contributed by atoms with van der Waals surface area (Å²) in [5.41, 5.74) is 0.917. The van der Waals surface area contributed by atoms with E-state index in [0.717, 1.165) is 24.3 Å². The van der Waals surface area contributed by atoms with Crippen molar-refractivity contribution in [2.24, 2.45) is 0 Å². The van der Waals surface area contributed by atoms with Gasteiger partial charge in [-0.1, -0.05) is 13.8 Å². The highest BCUT2D eigenvalue weighted by Crippen LogP contribution is 2.17. The van der Waals surface area contributed by atoms with Gasteiger partial charge in [0.1, 0.15) is 5.75 Å². The van der Waals surface area contributed by atoms with Crippen LogP contribution >= 0.6 is 0 Å². The summed E-state index contributed by atoms with van der Waals surface area (Å²) < 4.78 is 5.70. The Morgan fingerprint density at radius 1 is 1.15 bits per heavy atom. The predicted molar refractivity (Wildman–Crippen MR) is 83.2 cm³/mol. The Labute approximate surface area is 121 Å². The van der Waals surface area contributed by atoms with Crippen molar-refractivity contribution in [3.8, 4) is 5.75 Å². The fraction of sp³-hybridized carbons (Fsp3) is 0.562. The summed E-state index contributed by atoms with van der Waals surface area (Å²) in [4.78, 5) is 11.6. The number of carbonyl (C=O) groups is 1. The summed E-state index contributed by atoms with van der Waals surface area (Å²) in [7, 11) is 0. The summed E-state index contributed by atoms with van der Waals surface area (Å²) in [6.07, 6.45) is 2.14. The molecule has 2 unspecified atom stereocenters. The first kappa shape index (κ1) is 16.3. The number of nitrogens with one attached hydrogen (secondary N) is 2. The lowest BCUT2D eigenvalue weighted by Crippen LogP contribution is -2.36. The number of amides is 1. The van der Waals surface area contributed by atoms with Crippen LogP contribution in [0.3, 0.4) is 0 Å². The van der Waals surface area contributed by atoms with Crippen molar-refractivity contribution in [1.29, 1.82) is 0 Å². The van der Waals surface area contributed by atoms with E-state index in [1.807, 2.05) is 45.0 Å². The highest BCUT2D eigenvalue weighted by atomic mass is 16.5. The molecule has 4 nitrogen and oxygen atoms in total. The van der Waals surface area contributed by atoms with E-state index in [0.29, 0.717) is 0 Å². The van der Waals surface area contributed by atoms with Gasteiger partial charge < -0.3 is 15.4 Å². The minimum Gasteiger partial charge on any atom is -0.491 e. The number of hydrogen-bond acceptors (Lipinski definition) is 3. The molecule has 1 rings (SSSR count). The van der Waals surface area contributed by atoms with E-state index in [2.05, 4.69) is 17.6 Å². The third-order valence-electron chi connectivity index (χ3n) is 3.24. The highest BCUT2D eigenvalue weighted by Gasteiger charge is 2.05. The molecule has 112 valence electrons. The second-order valence-corrected chi connectivity index (χ2v) is 5.09. The molecule has 0 fully saturated rings. The van der Waals surface area contributed by atoms with Gasteiger partial charge in [-0.2, -0.15) is 0 Å². The third-order valence-corrected chi connectivity index (χ3v) is 3.24. The minimum absolute atomic E-state index is 0.0132. The van der Waals surface area contributed by atoms with Gasteiger partial charge in [0.05, 0.1) is 12.6 Å². The van der Waals surface area contributed by atoms with Crippen LogP contribution in [-0.2, 0) is 4.79 Å². The lowest BCUT2D eigenvalue weighted by molar-refractivity contribution is -0.120. The molecule has 1 aromatic rings. The Morgan fingerprint density at radius 2 is 1.80 bits per heavy atom. The van der Waals surface area contributed by atoms with Gasteiger partial charge in [-0.15, -0.1) is 0 Å². The zero-order valence-electron chi connectivity index (χ0n) is 12.9. The van der Waals surface area contributed by atoms with Crippen LogP contribution in [0.2, 0.25) is 0 Å². The van der Waals surface area contributed by atoms with Crippen LogP contribution < -0.4 is 15.4 Å². The number of ether oxygens (including phenoxy) is 1. The van der Waals surface area contributed by atoms with Crippen LogP contribution in [0.1, 0.15) is 40.5 Å². The van der Waals surface area contributed by atoms with E-state index in [1.165, 1.54) is 0 Å². The van der Waals surface area contributed by atoms with Crippen molar-refractivity contribution < 1.29 is 9.53 Å². The Morgan fingerprint density at radius 3 is 2.35 bits per heavy atom. The number of anilines is 1. The molecule has 0 aliphatic rings. The molecular weight excluding hydrogens is 252 g/mol.